The van der Waals surface area contributed by atoms with Gasteiger partial charge in [0.2, 0.25) is 0 Å². The molecule has 1 saturated heterocycles. The van der Waals surface area contributed by atoms with Gasteiger partial charge in [0.1, 0.15) is 5.75 Å². The highest BCUT2D eigenvalue weighted by Gasteiger charge is 2.16. The highest BCUT2D eigenvalue weighted by atomic mass is 79.9. The van der Waals surface area contributed by atoms with E-state index in [1.807, 2.05) is 6.07 Å². The van der Waals surface area contributed by atoms with Gasteiger partial charge in [0.05, 0.1) is 11.6 Å². The maximum absolute atomic E-state index is 5.30. The van der Waals surface area contributed by atoms with Gasteiger partial charge in [0.15, 0.2) is 0 Å². The van der Waals surface area contributed by atoms with Crippen molar-refractivity contribution in [2.24, 2.45) is 0 Å². The van der Waals surface area contributed by atoms with Crippen LogP contribution in [-0.2, 0) is 6.54 Å². The number of hydrogen-bond acceptors (Lipinski definition) is 3. The SMILES string of the molecule is COc1ccc(CN2CCN(C/C=C/c3ccccc3)CC2)cc1Br. The highest BCUT2D eigenvalue weighted by Crippen LogP contribution is 2.26. The first-order chi connectivity index (χ1) is 12.2. The Labute approximate surface area is 159 Å². The zero-order valence-corrected chi connectivity index (χ0v) is 16.3. The molecule has 0 aromatic heterocycles. The maximum Gasteiger partial charge on any atom is 0.133 e. The van der Waals surface area contributed by atoms with Gasteiger partial charge in [-0.15, -0.1) is 0 Å². The average molecular weight is 401 g/mol. The summed E-state index contributed by atoms with van der Waals surface area (Å²) >= 11 is 3.57. The molecule has 1 aliphatic heterocycles. The van der Waals surface area contributed by atoms with Crippen molar-refractivity contribution in [1.29, 1.82) is 0 Å². The zero-order chi connectivity index (χ0) is 17.5. The Morgan fingerprint density at radius 2 is 1.72 bits per heavy atom. The maximum atomic E-state index is 5.30. The zero-order valence-electron chi connectivity index (χ0n) is 14.7. The third-order valence-electron chi connectivity index (χ3n) is 4.56. The lowest BCUT2D eigenvalue weighted by molar-refractivity contribution is 0.137. The first kappa shape index (κ1) is 18.2. The molecule has 1 fully saturated rings. The third-order valence-corrected chi connectivity index (χ3v) is 5.18. The predicted molar refractivity (Wildman–Crippen MR) is 108 cm³/mol. The average Bonchev–Trinajstić information content (AvgIpc) is 2.64. The Bertz CT molecular complexity index is 694. The fraction of sp³-hybridized carbons (Fsp3) is 0.333. The van der Waals surface area contributed by atoms with Gasteiger partial charge in [-0.25, -0.2) is 0 Å². The van der Waals surface area contributed by atoms with Crippen LogP contribution in [-0.4, -0.2) is 49.6 Å². The van der Waals surface area contributed by atoms with Gasteiger partial charge in [-0.2, -0.15) is 0 Å². The summed E-state index contributed by atoms with van der Waals surface area (Å²) in [6, 6.07) is 16.8. The molecule has 1 heterocycles. The number of hydrogen-bond donors (Lipinski definition) is 0. The van der Waals surface area contributed by atoms with Gasteiger partial charge < -0.3 is 4.74 Å². The third kappa shape index (κ3) is 5.43. The van der Waals surface area contributed by atoms with Gasteiger partial charge in [-0.1, -0.05) is 48.6 Å². The minimum Gasteiger partial charge on any atom is -0.496 e. The second-order valence-electron chi connectivity index (χ2n) is 6.36. The molecule has 3 nitrogen and oxygen atoms in total. The highest BCUT2D eigenvalue weighted by molar-refractivity contribution is 9.10. The van der Waals surface area contributed by atoms with Gasteiger partial charge in [-0.05, 0) is 39.2 Å². The number of benzene rings is 2. The molecule has 0 bridgehead atoms. The van der Waals surface area contributed by atoms with E-state index in [0.717, 1.165) is 49.5 Å². The Morgan fingerprint density at radius 3 is 2.40 bits per heavy atom. The molecule has 3 rings (SSSR count). The summed E-state index contributed by atoms with van der Waals surface area (Å²) in [6.45, 7) is 6.49. The molecule has 0 atom stereocenters. The molecule has 25 heavy (non-hydrogen) atoms. The number of ether oxygens (including phenoxy) is 1. The van der Waals surface area contributed by atoms with E-state index in [0.29, 0.717) is 0 Å². The lowest BCUT2D eigenvalue weighted by atomic mass is 10.2. The standard InChI is InChI=1S/C21H25BrN2O/c1-25-21-10-9-19(16-20(21)22)17-24-14-12-23(13-15-24)11-5-8-18-6-3-2-4-7-18/h2-10,16H,11-15,17H2,1H3/b8-5+. The molecule has 0 aliphatic carbocycles. The van der Waals surface area contributed by atoms with E-state index in [-0.39, 0.29) is 0 Å². The Morgan fingerprint density at radius 1 is 1.00 bits per heavy atom. The lowest BCUT2D eigenvalue weighted by Gasteiger charge is -2.34. The second-order valence-corrected chi connectivity index (χ2v) is 7.21. The quantitative estimate of drug-likeness (QED) is 0.718. The molecule has 0 N–H and O–H groups in total. The largest absolute Gasteiger partial charge is 0.496 e. The molecule has 4 heteroatoms. The van der Waals surface area contributed by atoms with Crippen LogP contribution in [0.15, 0.2) is 59.1 Å². The minimum atomic E-state index is 0.888. The van der Waals surface area contributed by atoms with Crippen molar-refractivity contribution in [1.82, 2.24) is 9.80 Å². The van der Waals surface area contributed by atoms with E-state index in [9.17, 15) is 0 Å². The minimum absolute atomic E-state index is 0.888. The molecule has 0 radical (unpaired) electrons. The molecule has 0 spiro atoms. The normalized spacial score (nSPS) is 16.4. The number of methoxy groups -OCH3 is 1. The summed E-state index contributed by atoms with van der Waals surface area (Å²) < 4.78 is 6.33. The summed E-state index contributed by atoms with van der Waals surface area (Å²) in [5.41, 5.74) is 2.59. The van der Waals surface area contributed by atoms with Crippen molar-refractivity contribution in [3.8, 4) is 5.75 Å². The number of rotatable bonds is 6. The van der Waals surface area contributed by atoms with Gasteiger partial charge in [0, 0.05) is 39.3 Å². The first-order valence-corrected chi connectivity index (χ1v) is 9.52. The van der Waals surface area contributed by atoms with Crippen LogP contribution >= 0.6 is 15.9 Å². The predicted octanol–water partition coefficient (Wildman–Crippen LogP) is 4.29. The van der Waals surface area contributed by atoms with Crippen molar-refractivity contribution in [3.05, 3.63) is 70.2 Å². The molecule has 2 aromatic rings. The van der Waals surface area contributed by atoms with Gasteiger partial charge in [0.25, 0.3) is 0 Å². The summed E-state index contributed by atoms with van der Waals surface area (Å²) in [7, 11) is 1.70. The Kier molecular flexibility index (Phi) is 6.68. The van der Waals surface area contributed by atoms with Crippen LogP contribution < -0.4 is 4.74 Å². The lowest BCUT2D eigenvalue weighted by Crippen LogP contribution is -2.45. The van der Waals surface area contributed by atoms with E-state index in [1.165, 1.54) is 11.1 Å². The Hall–Kier alpha value is -1.62. The molecule has 0 saturated carbocycles. The van der Waals surface area contributed by atoms with Crippen molar-refractivity contribution < 1.29 is 4.74 Å². The number of nitrogens with zero attached hydrogens (tertiary/aromatic N) is 2. The van der Waals surface area contributed by atoms with Crippen molar-refractivity contribution >= 4 is 22.0 Å². The Balaban J connectivity index is 1.44. The summed E-state index contributed by atoms with van der Waals surface area (Å²) in [4.78, 5) is 5.03. The molecule has 0 amide bonds. The summed E-state index contributed by atoms with van der Waals surface area (Å²) in [5.74, 6) is 0.888. The smallest absolute Gasteiger partial charge is 0.133 e. The fourth-order valence-corrected chi connectivity index (χ4v) is 3.69. The van der Waals surface area contributed by atoms with Crippen LogP contribution in [0.3, 0.4) is 0 Å². The van der Waals surface area contributed by atoms with Gasteiger partial charge in [-0.3, -0.25) is 9.80 Å². The number of piperazine rings is 1. The van der Waals surface area contributed by atoms with Crippen molar-refractivity contribution in [2.75, 3.05) is 39.8 Å². The van der Waals surface area contributed by atoms with E-state index < -0.39 is 0 Å². The number of halogens is 1. The molecule has 132 valence electrons. The molecule has 0 unspecified atom stereocenters. The van der Waals surface area contributed by atoms with Crippen LogP contribution in [0.2, 0.25) is 0 Å². The summed E-state index contributed by atoms with van der Waals surface area (Å²) in [6.07, 6.45) is 4.48. The molecular formula is C21H25BrN2O. The molecular weight excluding hydrogens is 376 g/mol. The van der Waals surface area contributed by atoms with E-state index in [4.69, 9.17) is 4.74 Å². The van der Waals surface area contributed by atoms with E-state index in [1.54, 1.807) is 7.11 Å². The fourth-order valence-electron chi connectivity index (χ4n) is 3.10. The molecule has 1 aliphatic rings. The van der Waals surface area contributed by atoms with Crippen LogP contribution in [0.25, 0.3) is 6.08 Å². The van der Waals surface area contributed by atoms with Crippen molar-refractivity contribution in [3.63, 3.8) is 0 Å². The second kappa shape index (κ2) is 9.18. The summed E-state index contributed by atoms with van der Waals surface area (Å²) in [5, 5.41) is 0. The van der Waals surface area contributed by atoms with Crippen molar-refractivity contribution in [2.45, 2.75) is 6.54 Å². The molecule has 2 aromatic carbocycles. The van der Waals surface area contributed by atoms with Crippen LogP contribution in [0.1, 0.15) is 11.1 Å². The van der Waals surface area contributed by atoms with E-state index >= 15 is 0 Å². The van der Waals surface area contributed by atoms with Crippen LogP contribution in [0.5, 0.6) is 5.75 Å². The first-order valence-electron chi connectivity index (χ1n) is 8.73. The van der Waals surface area contributed by atoms with Gasteiger partial charge >= 0.3 is 0 Å². The topological polar surface area (TPSA) is 15.7 Å². The van der Waals surface area contributed by atoms with Crippen LogP contribution in [0.4, 0.5) is 0 Å². The monoisotopic (exact) mass is 400 g/mol. The van der Waals surface area contributed by atoms with Crippen LogP contribution in [0, 0.1) is 0 Å². The van der Waals surface area contributed by atoms with E-state index in [2.05, 4.69) is 80.3 Å².